The van der Waals surface area contributed by atoms with Crippen molar-refractivity contribution in [3.8, 4) is 5.75 Å². The Morgan fingerprint density at radius 2 is 2.20 bits per heavy atom. The van der Waals surface area contributed by atoms with Gasteiger partial charge in [0.05, 0.1) is 24.0 Å². The highest BCUT2D eigenvalue weighted by Gasteiger charge is 2.22. The molecule has 0 saturated heterocycles. The summed E-state index contributed by atoms with van der Waals surface area (Å²) in [5.74, 6) is 0.880. The van der Waals surface area contributed by atoms with Gasteiger partial charge in [0.15, 0.2) is 0 Å². The molecule has 0 radical (unpaired) electrons. The second-order valence-corrected chi connectivity index (χ2v) is 5.45. The molecule has 0 aliphatic heterocycles. The van der Waals surface area contributed by atoms with E-state index in [1.54, 1.807) is 19.1 Å². The number of carbonyl (C=O) groups excluding carboxylic acids is 1. The van der Waals surface area contributed by atoms with E-state index in [0.29, 0.717) is 29.5 Å². The van der Waals surface area contributed by atoms with E-state index in [2.05, 4.69) is 6.92 Å². The largest absolute Gasteiger partial charge is 0.488 e. The number of para-hydroxylation sites is 1. The highest BCUT2D eigenvalue weighted by Crippen LogP contribution is 2.31. The van der Waals surface area contributed by atoms with Crippen molar-refractivity contribution in [2.45, 2.75) is 45.6 Å². The van der Waals surface area contributed by atoms with E-state index in [-0.39, 0.29) is 6.10 Å². The van der Waals surface area contributed by atoms with Gasteiger partial charge in [-0.2, -0.15) is 0 Å². The minimum atomic E-state index is -0.396. The average molecular weight is 277 g/mol. The van der Waals surface area contributed by atoms with Crippen LogP contribution in [-0.2, 0) is 4.74 Å². The van der Waals surface area contributed by atoms with E-state index in [1.165, 1.54) is 12.8 Å². The fraction of sp³-hybridized carbons (Fsp3) is 0.562. The fourth-order valence-corrected chi connectivity index (χ4v) is 2.70. The third kappa shape index (κ3) is 3.44. The highest BCUT2D eigenvalue weighted by molar-refractivity contribution is 5.96. The molecule has 1 aromatic rings. The Bertz CT molecular complexity index is 473. The van der Waals surface area contributed by atoms with Crippen molar-refractivity contribution in [3.05, 3.63) is 23.8 Å². The summed E-state index contributed by atoms with van der Waals surface area (Å²) in [6.45, 7) is 4.36. The van der Waals surface area contributed by atoms with Crippen LogP contribution in [0, 0.1) is 5.92 Å². The second-order valence-electron chi connectivity index (χ2n) is 5.45. The lowest BCUT2D eigenvalue weighted by Crippen LogP contribution is -2.24. The predicted molar refractivity (Wildman–Crippen MR) is 78.9 cm³/mol. The number of nitrogen functional groups attached to an aromatic ring is 1. The summed E-state index contributed by atoms with van der Waals surface area (Å²) in [6.07, 6.45) is 4.73. The maximum atomic E-state index is 11.8. The zero-order chi connectivity index (χ0) is 14.5. The molecule has 1 aromatic carbocycles. The Kier molecular flexibility index (Phi) is 4.88. The SMILES string of the molecule is CCOC(=O)c1cccc(OC2CCCC(C)C2)c1N. The van der Waals surface area contributed by atoms with Crippen molar-refractivity contribution in [1.82, 2.24) is 0 Å². The molecule has 4 heteroatoms. The summed E-state index contributed by atoms with van der Waals surface area (Å²) in [5, 5.41) is 0. The zero-order valence-electron chi connectivity index (χ0n) is 12.2. The maximum Gasteiger partial charge on any atom is 0.340 e. The van der Waals surface area contributed by atoms with E-state index in [9.17, 15) is 4.79 Å². The molecule has 4 nitrogen and oxygen atoms in total. The first kappa shape index (κ1) is 14.7. The van der Waals surface area contributed by atoms with Crippen molar-refractivity contribution in [2.24, 2.45) is 5.92 Å². The number of benzene rings is 1. The predicted octanol–water partition coefficient (Wildman–Crippen LogP) is 3.40. The Hall–Kier alpha value is -1.71. The number of rotatable bonds is 4. The van der Waals surface area contributed by atoms with Gasteiger partial charge in [0.2, 0.25) is 0 Å². The first-order valence-corrected chi connectivity index (χ1v) is 7.34. The van der Waals surface area contributed by atoms with Crippen LogP contribution >= 0.6 is 0 Å². The molecule has 2 N–H and O–H groups in total. The van der Waals surface area contributed by atoms with Crippen molar-refractivity contribution >= 4 is 11.7 Å². The summed E-state index contributed by atoms with van der Waals surface area (Å²) in [7, 11) is 0. The molecule has 1 aliphatic carbocycles. The van der Waals surface area contributed by atoms with Gasteiger partial charge >= 0.3 is 5.97 Å². The van der Waals surface area contributed by atoms with Gasteiger partial charge in [0.25, 0.3) is 0 Å². The monoisotopic (exact) mass is 277 g/mol. The molecule has 0 bridgehead atoms. The Balaban J connectivity index is 2.12. The van der Waals surface area contributed by atoms with E-state index in [1.807, 2.05) is 6.07 Å². The lowest BCUT2D eigenvalue weighted by atomic mass is 9.88. The molecular weight excluding hydrogens is 254 g/mol. The van der Waals surface area contributed by atoms with Crippen molar-refractivity contribution in [2.75, 3.05) is 12.3 Å². The molecule has 1 fully saturated rings. The van der Waals surface area contributed by atoms with Gasteiger partial charge in [-0.05, 0) is 44.2 Å². The summed E-state index contributed by atoms with van der Waals surface area (Å²) in [4.78, 5) is 11.8. The standard InChI is InChI=1S/C16H23NO3/c1-3-19-16(18)13-8-5-9-14(15(13)17)20-12-7-4-6-11(2)10-12/h5,8-9,11-12H,3-4,6-7,10,17H2,1-2H3. The maximum absolute atomic E-state index is 11.8. The van der Waals surface area contributed by atoms with Crippen LogP contribution < -0.4 is 10.5 Å². The first-order valence-electron chi connectivity index (χ1n) is 7.34. The molecule has 1 aliphatic rings. The van der Waals surface area contributed by atoms with Crippen LogP contribution in [0.5, 0.6) is 5.75 Å². The molecule has 2 rings (SSSR count). The van der Waals surface area contributed by atoms with Gasteiger partial charge in [-0.1, -0.05) is 19.4 Å². The third-order valence-electron chi connectivity index (χ3n) is 3.74. The van der Waals surface area contributed by atoms with Crippen LogP contribution in [0.4, 0.5) is 5.69 Å². The van der Waals surface area contributed by atoms with E-state index in [0.717, 1.165) is 12.8 Å². The lowest BCUT2D eigenvalue weighted by molar-refractivity contribution is 0.0526. The first-order chi connectivity index (χ1) is 9.61. The number of nitrogens with two attached hydrogens (primary N) is 1. The molecule has 0 amide bonds. The van der Waals surface area contributed by atoms with Crippen molar-refractivity contribution in [1.29, 1.82) is 0 Å². The normalized spacial score (nSPS) is 22.3. The van der Waals surface area contributed by atoms with Gasteiger partial charge in [0.1, 0.15) is 5.75 Å². The number of esters is 1. The molecule has 2 atom stereocenters. The number of anilines is 1. The van der Waals surface area contributed by atoms with Gasteiger partial charge in [-0.15, -0.1) is 0 Å². The fourth-order valence-electron chi connectivity index (χ4n) is 2.70. The lowest BCUT2D eigenvalue weighted by Gasteiger charge is -2.28. The number of hydrogen-bond donors (Lipinski definition) is 1. The Morgan fingerprint density at radius 3 is 2.90 bits per heavy atom. The molecule has 20 heavy (non-hydrogen) atoms. The Labute approximate surface area is 120 Å². The minimum absolute atomic E-state index is 0.193. The van der Waals surface area contributed by atoms with Crippen LogP contribution in [0.15, 0.2) is 18.2 Å². The number of carbonyl (C=O) groups is 1. The van der Waals surface area contributed by atoms with E-state index in [4.69, 9.17) is 15.2 Å². The Morgan fingerprint density at radius 1 is 1.40 bits per heavy atom. The molecule has 0 spiro atoms. The van der Waals surface area contributed by atoms with Crippen LogP contribution in [0.2, 0.25) is 0 Å². The number of hydrogen-bond acceptors (Lipinski definition) is 4. The third-order valence-corrected chi connectivity index (χ3v) is 3.74. The summed E-state index contributed by atoms with van der Waals surface area (Å²) in [5.41, 5.74) is 6.80. The van der Waals surface area contributed by atoms with Crippen LogP contribution in [-0.4, -0.2) is 18.7 Å². The smallest absolute Gasteiger partial charge is 0.340 e. The molecule has 110 valence electrons. The van der Waals surface area contributed by atoms with Crippen LogP contribution in [0.3, 0.4) is 0 Å². The molecular formula is C16H23NO3. The highest BCUT2D eigenvalue weighted by atomic mass is 16.5. The quantitative estimate of drug-likeness (QED) is 0.676. The molecule has 0 aromatic heterocycles. The average Bonchev–Trinajstić information content (AvgIpc) is 2.41. The van der Waals surface area contributed by atoms with Crippen LogP contribution in [0.1, 0.15) is 49.9 Å². The summed E-state index contributed by atoms with van der Waals surface area (Å²) in [6, 6.07) is 5.27. The van der Waals surface area contributed by atoms with Gasteiger partial charge < -0.3 is 15.2 Å². The van der Waals surface area contributed by atoms with Gasteiger partial charge in [-0.3, -0.25) is 0 Å². The summed E-state index contributed by atoms with van der Waals surface area (Å²) >= 11 is 0. The molecule has 0 heterocycles. The molecule has 1 saturated carbocycles. The zero-order valence-corrected chi connectivity index (χ0v) is 12.2. The second kappa shape index (κ2) is 6.64. The van der Waals surface area contributed by atoms with Crippen molar-refractivity contribution < 1.29 is 14.3 Å². The van der Waals surface area contributed by atoms with E-state index < -0.39 is 5.97 Å². The van der Waals surface area contributed by atoms with E-state index >= 15 is 0 Å². The summed E-state index contributed by atoms with van der Waals surface area (Å²) < 4.78 is 11.0. The molecule has 2 unspecified atom stereocenters. The van der Waals surface area contributed by atoms with Crippen molar-refractivity contribution in [3.63, 3.8) is 0 Å². The van der Waals surface area contributed by atoms with Gasteiger partial charge in [0, 0.05) is 0 Å². The minimum Gasteiger partial charge on any atom is -0.488 e. The van der Waals surface area contributed by atoms with Crippen LogP contribution in [0.25, 0.3) is 0 Å². The number of ether oxygens (including phenoxy) is 2. The van der Waals surface area contributed by atoms with Gasteiger partial charge in [-0.25, -0.2) is 4.79 Å². The topological polar surface area (TPSA) is 61.5 Å².